The van der Waals surface area contributed by atoms with Gasteiger partial charge in [0.25, 0.3) is 0 Å². The first-order chi connectivity index (χ1) is 12.0. The predicted octanol–water partition coefficient (Wildman–Crippen LogP) is 1.21. The van der Waals surface area contributed by atoms with Gasteiger partial charge in [-0.25, -0.2) is 9.07 Å². The zero-order valence-corrected chi connectivity index (χ0v) is 14.1. The molecule has 2 fully saturated rings. The molecule has 2 atom stereocenters. The van der Waals surface area contributed by atoms with Crippen LogP contribution in [0.1, 0.15) is 25.3 Å². The van der Waals surface area contributed by atoms with Crippen molar-refractivity contribution < 1.29 is 14.0 Å². The molecule has 25 heavy (non-hydrogen) atoms. The molecule has 0 spiro atoms. The fraction of sp³-hybridized carbons (Fsp3) is 0.529. The molecule has 3 heterocycles. The Morgan fingerprint density at radius 2 is 2.16 bits per heavy atom. The van der Waals surface area contributed by atoms with E-state index in [4.69, 9.17) is 0 Å². The summed E-state index contributed by atoms with van der Waals surface area (Å²) in [4.78, 5) is 27.9. The summed E-state index contributed by atoms with van der Waals surface area (Å²) in [6.45, 7) is 1.73. The van der Waals surface area contributed by atoms with Crippen molar-refractivity contribution in [2.75, 3.05) is 26.7 Å². The summed E-state index contributed by atoms with van der Waals surface area (Å²) >= 11 is 0. The number of halogens is 1. The maximum atomic E-state index is 13.3. The van der Waals surface area contributed by atoms with E-state index in [1.165, 1.54) is 12.1 Å². The van der Waals surface area contributed by atoms with Gasteiger partial charge in [0.1, 0.15) is 11.3 Å². The van der Waals surface area contributed by atoms with E-state index in [9.17, 15) is 14.0 Å². The zero-order valence-electron chi connectivity index (χ0n) is 14.1. The number of hydrogen-bond donors (Lipinski definition) is 0. The van der Waals surface area contributed by atoms with E-state index in [-0.39, 0.29) is 29.6 Å². The minimum atomic E-state index is -0.338. The molecule has 0 radical (unpaired) electrons. The van der Waals surface area contributed by atoms with E-state index >= 15 is 0 Å². The normalized spacial score (nSPS) is 24.3. The highest BCUT2D eigenvalue weighted by Gasteiger charge is 2.36. The van der Waals surface area contributed by atoms with Crippen molar-refractivity contribution in [3.05, 3.63) is 24.0 Å². The molecular weight excluding hydrogens is 325 g/mol. The number of benzene rings is 1. The van der Waals surface area contributed by atoms with Gasteiger partial charge in [0, 0.05) is 39.2 Å². The molecule has 7 nitrogen and oxygen atoms in total. The Morgan fingerprint density at radius 1 is 1.32 bits per heavy atom. The van der Waals surface area contributed by atoms with Gasteiger partial charge in [-0.15, -0.1) is 5.10 Å². The third-order valence-corrected chi connectivity index (χ3v) is 5.18. The molecule has 0 aliphatic carbocycles. The summed E-state index contributed by atoms with van der Waals surface area (Å²) < 4.78 is 15.1. The Bertz CT molecular complexity index is 836. The van der Waals surface area contributed by atoms with E-state index in [1.54, 1.807) is 22.7 Å². The monoisotopic (exact) mass is 345 g/mol. The highest BCUT2D eigenvalue weighted by molar-refractivity contribution is 5.89. The van der Waals surface area contributed by atoms with Gasteiger partial charge in [0.15, 0.2) is 0 Å². The maximum Gasteiger partial charge on any atom is 0.228 e. The molecule has 132 valence electrons. The second-order valence-corrected chi connectivity index (χ2v) is 6.92. The van der Waals surface area contributed by atoms with Gasteiger partial charge in [-0.3, -0.25) is 9.59 Å². The smallest absolute Gasteiger partial charge is 0.228 e. The number of aromatic nitrogens is 3. The van der Waals surface area contributed by atoms with E-state index in [2.05, 4.69) is 10.3 Å². The van der Waals surface area contributed by atoms with Crippen LogP contribution < -0.4 is 0 Å². The topological polar surface area (TPSA) is 71.3 Å². The van der Waals surface area contributed by atoms with Crippen LogP contribution >= 0.6 is 0 Å². The van der Waals surface area contributed by atoms with Crippen LogP contribution in [-0.2, 0) is 9.59 Å². The molecule has 2 aliphatic rings. The number of amides is 2. The SMILES string of the molecule is CN1C[C@@H](C(=O)N2CCC[C@@H](n3nnc4cc(F)ccc43)C2)CC1=O. The summed E-state index contributed by atoms with van der Waals surface area (Å²) in [6, 6.07) is 4.46. The van der Waals surface area contributed by atoms with Gasteiger partial charge in [0.2, 0.25) is 11.8 Å². The van der Waals surface area contributed by atoms with Crippen LogP contribution in [0.3, 0.4) is 0 Å². The third kappa shape index (κ3) is 2.85. The maximum absolute atomic E-state index is 13.3. The number of likely N-dealkylation sites (tertiary alicyclic amines) is 2. The first kappa shape index (κ1) is 16.0. The Hall–Kier alpha value is -2.51. The van der Waals surface area contributed by atoms with Crippen molar-refractivity contribution in [3.63, 3.8) is 0 Å². The van der Waals surface area contributed by atoms with Crippen molar-refractivity contribution in [1.29, 1.82) is 0 Å². The van der Waals surface area contributed by atoms with Crippen molar-refractivity contribution in [2.24, 2.45) is 5.92 Å². The number of piperidine rings is 1. The first-order valence-electron chi connectivity index (χ1n) is 8.56. The van der Waals surface area contributed by atoms with Gasteiger partial charge >= 0.3 is 0 Å². The van der Waals surface area contributed by atoms with Crippen LogP contribution in [0.4, 0.5) is 4.39 Å². The Kier molecular flexibility index (Phi) is 3.89. The van der Waals surface area contributed by atoms with E-state index < -0.39 is 0 Å². The summed E-state index contributed by atoms with van der Waals surface area (Å²) in [5.74, 6) is -0.526. The van der Waals surface area contributed by atoms with Gasteiger partial charge in [0.05, 0.1) is 17.5 Å². The standard InChI is InChI=1S/C17H20FN5O2/c1-21-9-11(7-16(21)24)17(25)22-6-2-3-13(10-22)23-15-5-4-12(18)8-14(15)19-20-23/h4-5,8,11,13H,2-3,6-7,9-10H2,1H3/t11-,13+/m0/s1. The Balaban J connectivity index is 1.52. The molecule has 4 rings (SSSR count). The van der Waals surface area contributed by atoms with E-state index in [1.807, 2.05) is 4.90 Å². The minimum absolute atomic E-state index is 0.0167. The van der Waals surface area contributed by atoms with Crippen molar-refractivity contribution in [1.82, 2.24) is 24.8 Å². The van der Waals surface area contributed by atoms with Crippen LogP contribution in [0, 0.1) is 11.7 Å². The average molecular weight is 345 g/mol. The number of hydrogen-bond acceptors (Lipinski definition) is 4. The van der Waals surface area contributed by atoms with Crippen LogP contribution in [0.2, 0.25) is 0 Å². The average Bonchev–Trinajstić information content (AvgIpc) is 3.17. The van der Waals surface area contributed by atoms with Gasteiger partial charge in [-0.1, -0.05) is 5.21 Å². The van der Waals surface area contributed by atoms with E-state index in [0.29, 0.717) is 31.6 Å². The molecule has 2 amide bonds. The number of carbonyl (C=O) groups excluding carboxylic acids is 2. The Morgan fingerprint density at radius 3 is 2.92 bits per heavy atom. The molecule has 0 N–H and O–H groups in total. The Labute approximate surface area is 144 Å². The van der Waals surface area contributed by atoms with Crippen molar-refractivity contribution >= 4 is 22.8 Å². The zero-order chi connectivity index (χ0) is 17.6. The lowest BCUT2D eigenvalue weighted by Gasteiger charge is -2.34. The lowest BCUT2D eigenvalue weighted by Crippen LogP contribution is -2.44. The summed E-state index contributed by atoms with van der Waals surface area (Å²) in [5.41, 5.74) is 1.29. The molecule has 2 aliphatic heterocycles. The second kappa shape index (κ2) is 6.09. The van der Waals surface area contributed by atoms with Gasteiger partial charge < -0.3 is 9.80 Å². The molecule has 1 aromatic heterocycles. The second-order valence-electron chi connectivity index (χ2n) is 6.92. The largest absolute Gasteiger partial charge is 0.345 e. The quantitative estimate of drug-likeness (QED) is 0.820. The number of fused-ring (bicyclic) bond motifs is 1. The minimum Gasteiger partial charge on any atom is -0.345 e. The lowest BCUT2D eigenvalue weighted by atomic mass is 10.0. The third-order valence-electron chi connectivity index (χ3n) is 5.18. The molecule has 0 bridgehead atoms. The molecule has 1 aromatic carbocycles. The highest BCUT2D eigenvalue weighted by atomic mass is 19.1. The lowest BCUT2D eigenvalue weighted by molar-refractivity contribution is -0.137. The summed E-state index contributed by atoms with van der Waals surface area (Å²) in [5, 5.41) is 8.22. The van der Waals surface area contributed by atoms with Crippen LogP contribution in [0.5, 0.6) is 0 Å². The van der Waals surface area contributed by atoms with Crippen LogP contribution in [0.15, 0.2) is 18.2 Å². The van der Waals surface area contributed by atoms with Crippen LogP contribution in [-0.4, -0.2) is 63.3 Å². The fourth-order valence-electron chi connectivity index (χ4n) is 3.83. The first-order valence-corrected chi connectivity index (χ1v) is 8.56. The highest BCUT2D eigenvalue weighted by Crippen LogP contribution is 2.27. The molecule has 0 unspecified atom stereocenters. The molecule has 8 heteroatoms. The number of nitrogens with zero attached hydrogens (tertiary/aromatic N) is 5. The fourth-order valence-corrected chi connectivity index (χ4v) is 3.83. The van der Waals surface area contributed by atoms with Gasteiger partial charge in [-0.05, 0) is 25.0 Å². The molecular formula is C17H20FN5O2. The van der Waals surface area contributed by atoms with Crippen molar-refractivity contribution in [3.8, 4) is 0 Å². The number of rotatable bonds is 2. The predicted molar refractivity (Wildman–Crippen MR) is 88.1 cm³/mol. The van der Waals surface area contributed by atoms with Crippen LogP contribution in [0.25, 0.3) is 11.0 Å². The van der Waals surface area contributed by atoms with E-state index in [0.717, 1.165) is 18.4 Å². The summed E-state index contributed by atoms with van der Waals surface area (Å²) in [6.07, 6.45) is 2.06. The molecule has 0 saturated carbocycles. The molecule has 2 aromatic rings. The molecule has 2 saturated heterocycles. The van der Waals surface area contributed by atoms with Crippen molar-refractivity contribution in [2.45, 2.75) is 25.3 Å². The number of carbonyl (C=O) groups is 2. The summed E-state index contributed by atoms with van der Waals surface area (Å²) in [7, 11) is 1.73. The van der Waals surface area contributed by atoms with Gasteiger partial charge in [-0.2, -0.15) is 0 Å².